The molecular weight excluding hydrogens is 439 g/mol. The molecule has 0 aliphatic heterocycles. The van der Waals surface area contributed by atoms with Crippen molar-refractivity contribution in [2.24, 2.45) is 10.4 Å². The molecule has 1 aromatic carbocycles. The number of hydrogen-bond donors (Lipinski definition) is 3. The van der Waals surface area contributed by atoms with Gasteiger partial charge in [-0.05, 0) is 45.4 Å². The molecule has 0 aliphatic rings. The molecule has 24 heavy (non-hydrogen) atoms. The van der Waals surface area contributed by atoms with Gasteiger partial charge in [0.2, 0.25) is 5.91 Å². The number of benzene rings is 1. The molecule has 1 amide bonds. The van der Waals surface area contributed by atoms with Crippen molar-refractivity contribution in [2.45, 2.75) is 33.7 Å². The van der Waals surface area contributed by atoms with Crippen LogP contribution >= 0.6 is 35.6 Å². The molecule has 0 heterocycles. The average Bonchev–Trinajstić information content (AvgIpc) is 2.51. The predicted octanol–water partition coefficient (Wildman–Crippen LogP) is 3.35. The van der Waals surface area contributed by atoms with Gasteiger partial charge >= 0.3 is 0 Å². The molecule has 7 heteroatoms. The molecule has 1 aromatic rings. The standard InChI is InChI=1S/C17H27ClN4O.HI/c1-6-20-15(23)17(3,4)11-21-16(19-5)22-12(2)13-8-7-9-14(18)10-13;/h7-10,12H,6,11H2,1-5H3,(H,20,23)(H2,19,21,22);1H. The van der Waals surface area contributed by atoms with E-state index in [1.54, 1.807) is 7.05 Å². The van der Waals surface area contributed by atoms with Gasteiger partial charge < -0.3 is 16.0 Å². The number of hydrogen-bond acceptors (Lipinski definition) is 2. The van der Waals surface area contributed by atoms with Crippen LogP contribution in [0.2, 0.25) is 5.02 Å². The van der Waals surface area contributed by atoms with Gasteiger partial charge in [0.1, 0.15) is 0 Å². The minimum atomic E-state index is -0.521. The van der Waals surface area contributed by atoms with Gasteiger partial charge in [0, 0.05) is 25.2 Å². The van der Waals surface area contributed by atoms with E-state index >= 15 is 0 Å². The molecule has 0 saturated carbocycles. The Labute approximate surface area is 167 Å². The summed E-state index contributed by atoms with van der Waals surface area (Å²) in [5.74, 6) is 0.667. The number of halogens is 2. The monoisotopic (exact) mass is 466 g/mol. The smallest absolute Gasteiger partial charge is 0.227 e. The summed E-state index contributed by atoms with van der Waals surface area (Å²) in [5.41, 5.74) is 0.552. The topological polar surface area (TPSA) is 65.5 Å². The Morgan fingerprint density at radius 3 is 2.54 bits per heavy atom. The summed E-state index contributed by atoms with van der Waals surface area (Å²) in [6, 6.07) is 7.75. The summed E-state index contributed by atoms with van der Waals surface area (Å²) in [6.45, 7) is 8.86. The zero-order valence-electron chi connectivity index (χ0n) is 14.9. The van der Waals surface area contributed by atoms with Gasteiger partial charge in [-0.25, -0.2) is 0 Å². The number of aliphatic imine (C=N–C) groups is 1. The van der Waals surface area contributed by atoms with Crippen LogP contribution in [0.3, 0.4) is 0 Å². The van der Waals surface area contributed by atoms with E-state index in [9.17, 15) is 4.79 Å². The highest BCUT2D eigenvalue weighted by molar-refractivity contribution is 14.0. The van der Waals surface area contributed by atoms with Crippen LogP contribution in [-0.2, 0) is 4.79 Å². The van der Waals surface area contributed by atoms with Gasteiger partial charge in [-0.1, -0.05) is 23.7 Å². The number of amides is 1. The summed E-state index contributed by atoms with van der Waals surface area (Å²) < 4.78 is 0. The summed E-state index contributed by atoms with van der Waals surface area (Å²) in [7, 11) is 1.71. The number of rotatable bonds is 6. The molecule has 0 aliphatic carbocycles. The van der Waals surface area contributed by atoms with Crippen molar-refractivity contribution in [3.8, 4) is 0 Å². The lowest BCUT2D eigenvalue weighted by atomic mass is 9.92. The van der Waals surface area contributed by atoms with Gasteiger partial charge in [0.05, 0.1) is 11.5 Å². The number of guanidine groups is 1. The Balaban J connectivity index is 0.00000529. The quantitative estimate of drug-likeness (QED) is 0.342. The third kappa shape index (κ3) is 7.25. The van der Waals surface area contributed by atoms with Gasteiger partial charge in [0.15, 0.2) is 5.96 Å². The Morgan fingerprint density at radius 2 is 2.00 bits per heavy atom. The zero-order chi connectivity index (χ0) is 17.5. The predicted molar refractivity (Wildman–Crippen MR) is 112 cm³/mol. The molecule has 1 rings (SSSR count). The summed E-state index contributed by atoms with van der Waals surface area (Å²) >= 11 is 6.03. The first-order chi connectivity index (χ1) is 10.8. The molecule has 1 unspecified atom stereocenters. The first-order valence-electron chi connectivity index (χ1n) is 7.81. The van der Waals surface area contributed by atoms with E-state index in [-0.39, 0.29) is 35.9 Å². The maximum atomic E-state index is 12.0. The molecule has 5 nitrogen and oxygen atoms in total. The highest BCUT2D eigenvalue weighted by atomic mass is 127. The molecule has 0 fully saturated rings. The maximum Gasteiger partial charge on any atom is 0.227 e. The minimum absolute atomic E-state index is 0. The Morgan fingerprint density at radius 1 is 1.33 bits per heavy atom. The maximum absolute atomic E-state index is 12.0. The number of nitrogens with one attached hydrogen (secondary N) is 3. The second-order valence-electron chi connectivity index (χ2n) is 6.09. The van der Waals surface area contributed by atoms with Crippen LogP contribution in [0.5, 0.6) is 0 Å². The summed E-state index contributed by atoms with van der Waals surface area (Å²) in [4.78, 5) is 16.2. The van der Waals surface area contributed by atoms with Crippen LogP contribution in [0.1, 0.15) is 39.3 Å². The number of carbonyl (C=O) groups is 1. The van der Waals surface area contributed by atoms with Gasteiger partial charge in [0.25, 0.3) is 0 Å². The van der Waals surface area contributed by atoms with Gasteiger partial charge in [-0.2, -0.15) is 0 Å². The van der Waals surface area contributed by atoms with Crippen molar-refractivity contribution in [1.29, 1.82) is 0 Å². The lowest BCUT2D eigenvalue weighted by Gasteiger charge is -2.26. The van der Waals surface area contributed by atoms with E-state index in [0.717, 1.165) is 5.56 Å². The van der Waals surface area contributed by atoms with Crippen LogP contribution in [0.4, 0.5) is 0 Å². The molecule has 0 spiro atoms. The average molecular weight is 467 g/mol. The number of nitrogens with zero attached hydrogens (tertiary/aromatic N) is 1. The largest absolute Gasteiger partial charge is 0.356 e. The lowest BCUT2D eigenvalue weighted by molar-refractivity contribution is -0.128. The highest BCUT2D eigenvalue weighted by Gasteiger charge is 2.27. The van der Waals surface area contributed by atoms with E-state index in [2.05, 4.69) is 20.9 Å². The van der Waals surface area contributed by atoms with Crippen molar-refractivity contribution >= 4 is 47.4 Å². The summed E-state index contributed by atoms with van der Waals surface area (Å²) in [6.07, 6.45) is 0. The van der Waals surface area contributed by atoms with Crippen LogP contribution in [0.25, 0.3) is 0 Å². The third-order valence-electron chi connectivity index (χ3n) is 3.58. The summed E-state index contributed by atoms with van der Waals surface area (Å²) in [5, 5.41) is 10.1. The fourth-order valence-corrected chi connectivity index (χ4v) is 2.24. The second kappa shape index (κ2) is 10.8. The second-order valence-corrected chi connectivity index (χ2v) is 6.53. The molecular formula is C17H28ClIN4O. The van der Waals surface area contributed by atoms with Crippen LogP contribution < -0.4 is 16.0 Å². The van der Waals surface area contributed by atoms with Crippen molar-refractivity contribution < 1.29 is 4.79 Å². The van der Waals surface area contributed by atoms with Crippen molar-refractivity contribution in [3.63, 3.8) is 0 Å². The van der Waals surface area contributed by atoms with Crippen molar-refractivity contribution in [3.05, 3.63) is 34.9 Å². The molecule has 0 aromatic heterocycles. The third-order valence-corrected chi connectivity index (χ3v) is 3.81. The van der Waals surface area contributed by atoms with Crippen molar-refractivity contribution in [2.75, 3.05) is 20.1 Å². The fourth-order valence-electron chi connectivity index (χ4n) is 2.04. The van der Waals surface area contributed by atoms with Crippen LogP contribution in [0.15, 0.2) is 29.3 Å². The van der Waals surface area contributed by atoms with E-state index in [1.807, 2.05) is 52.0 Å². The van der Waals surface area contributed by atoms with Gasteiger partial charge in [-0.3, -0.25) is 9.79 Å². The molecule has 1 atom stereocenters. The highest BCUT2D eigenvalue weighted by Crippen LogP contribution is 2.17. The van der Waals surface area contributed by atoms with Crippen molar-refractivity contribution in [1.82, 2.24) is 16.0 Å². The van der Waals surface area contributed by atoms with E-state index in [1.165, 1.54) is 0 Å². The Kier molecular flexibility index (Phi) is 10.3. The van der Waals surface area contributed by atoms with Gasteiger partial charge in [-0.15, -0.1) is 24.0 Å². The zero-order valence-corrected chi connectivity index (χ0v) is 18.0. The lowest BCUT2D eigenvalue weighted by Crippen LogP contribution is -2.48. The molecule has 3 N–H and O–H groups in total. The molecule has 136 valence electrons. The van der Waals surface area contributed by atoms with Crippen LogP contribution in [0, 0.1) is 5.41 Å². The minimum Gasteiger partial charge on any atom is -0.356 e. The fraction of sp³-hybridized carbons (Fsp3) is 0.529. The van der Waals surface area contributed by atoms with E-state index in [4.69, 9.17) is 11.6 Å². The van der Waals surface area contributed by atoms with Crippen LogP contribution in [-0.4, -0.2) is 32.0 Å². The number of carbonyl (C=O) groups excluding carboxylic acids is 1. The molecule has 0 radical (unpaired) electrons. The Hall–Kier alpha value is -1.02. The van der Waals surface area contributed by atoms with E-state index in [0.29, 0.717) is 24.1 Å². The molecule has 0 bridgehead atoms. The SMILES string of the molecule is CCNC(=O)C(C)(C)CNC(=NC)NC(C)c1cccc(Cl)c1.I. The van der Waals surface area contributed by atoms with E-state index < -0.39 is 5.41 Å². The normalized spacial score (nSPS) is 12.8. The molecule has 0 saturated heterocycles. The Bertz CT molecular complexity index is 563. The first kappa shape index (κ1) is 23.0. The first-order valence-corrected chi connectivity index (χ1v) is 8.19.